The molecule has 0 saturated heterocycles. The number of hydrogen-bond donors (Lipinski definition) is 3. The van der Waals surface area contributed by atoms with Crippen LogP contribution in [-0.2, 0) is 14.8 Å². The lowest BCUT2D eigenvalue weighted by atomic mass is 10.2. The second-order valence-corrected chi connectivity index (χ2v) is 8.29. The topological polar surface area (TPSA) is 105 Å². The van der Waals surface area contributed by atoms with E-state index in [0.29, 0.717) is 5.69 Å². The van der Waals surface area contributed by atoms with Crippen LogP contribution in [0.15, 0.2) is 52.0 Å². The van der Waals surface area contributed by atoms with Gasteiger partial charge in [-0.05, 0) is 64.1 Å². The van der Waals surface area contributed by atoms with Gasteiger partial charge in [0, 0.05) is 11.7 Å². The Morgan fingerprint density at radius 2 is 1.73 bits per heavy atom. The van der Waals surface area contributed by atoms with Gasteiger partial charge >= 0.3 is 0 Å². The van der Waals surface area contributed by atoms with Crippen LogP contribution in [0.2, 0.25) is 0 Å². The molecule has 0 aliphatic carbocycles. The van der Waals surface area contributed by atoms with E-state index in [9.17, 15) is 13.2 Å². The Bertz CT molecular complexity index is 815. The van der Waals surface area contributed by atoms with Gasteiger partial charge in [-0.25, -0.2) is 13.1 Å². The third kappa shape index (κ3) is 5.42. The molecule has 0 radical (unpaired) electrons. The number of carbonyl (C=O) groups is 1. The molecule has 1 aromatic heterocycles. The Labute approximate surface area is 154 Å². The average Bonchev–Trinajstić information content (AvgIpc) is 3.08. The van der Waals surface area contributed by atoms with Crippen LogP contribution < -0.4 is 15.4 Å². The zero-order chi connectivity index (χ0) is 19.3. The zero-order valence-corrected chi connectivity index (χ0v) is 16.2. The highest BCUT2D eigenvalue weighted by molar-refractivity contribution is 7.89. The summed E-state index contributed by atoms with van der Waals surface area (Å²) in [6, 6.07) is 9.28. The second kappa shape index (κ2) is 8.48. The molecule has 1 aromatic carbocycles. The number of sulfonamides is 1. The van der Waals surface area contributed by atoms with Crippen molar-refractivity contribution < 1.29 is 22.9 Å². The molecule has 0 unspecified atom stereocenters. The van der Waals surface area contributed by atoms with Crippen LogP contribution in [0.5, 0.6) is 0 Å². The summed E-state index contributed by atoms with van der Waals surface area (Å²) < 4.78 is 32.1. The van der Waals surface area contributed by atoms with Crippen molar-refractivity contribution in [3.8, 4) is 0 Å². The van der Waals surface area contributed by atoms with Crippen molar-refractivity contribution in [2.24, 2.45) is 0 Å². The number of rotatable bonds is 8. The number of furan rings is 1. The SMILES string of the molecule is CC(C)NS(=O)(=O)c1ccc(NC(=O)[C@H](C)[NH2+][C@@H](C)c2ccco2)cc1. The first-order chi connectivity index (χ1) is 12.2. The van der Waals surface area contributed by atoms with Crippen LogP contribution in [0.25, 0.3) is 0 Å². The predicted molar refractivity (Wildman–Crippen MR) is 99.0 cm³/mol. The Balaban J connectivity index is 1.96. The van der Waals surface area contributed by atoms with Gasteiger partial charge in [0.25, 0.3) is 5.91 Å². The number of nitrogens with one attached hydrogen (secondary N) is 2. The van der Waals surface area contributed by atoms with Crippen molar-refractivity contribution in [1.82, 2.24) is 4.72 Å². The first-order valence-corrected chi connectivity index (χ1v) is 9.99. The maximum absolute atomic E-state index is 12.3. The molecule has 7 nitrogen and oxygen atoms in total. The first-order valence-electron chi connectivity index (χ1n) is 8.50. The molecular formula is C18H26N3O4S+. The van der Waals surface area contributed by atoms with Crippen molar-refractivity contribution in [3.63, 3.8) is 0 Å². The van der Waals surface area contributed by atoms with Crippen molar-refractivity contribution in [2.45, 2.75) is 50.7 Å². The van der Waals surface area contributed by atoms with Gasteiger partial charge in [0.2, 0.25) is 10.0 Å². The fourth-order valence-corrected chi connectivity index (χ4v) is 3.77. The molecular weight excluding hydrogens is 354 g/mol. The summed E-state index contributed by atoms with van der Waals surface area (Å²) in [4.78, 5) is 12.5. The van der Waals surface area contributed by atoms with Crippen LogP contribution in [-0.4, -0.2) is 26.4 Å². The number of nitrogens with two attached hydrogens (primary N) is 1. The molecule has 142 valence electrons. The Morgan fingerprint density at radius 3 is 2.27 bits per heavy atom. The molecule has 1 amide bonds. The quantitative estimate of drug-likeness (QED) is 0.647. The van der Waals surface area contributed by atoms with Gasteiger partial charge in [0.05, 0.1) is 11.2 Å². The Hall–Kier alpha value is -2.16. The molecule has 4 N–H and O–H groups in total. The fraction of sp³-hybridized carbons (Fsp3) is 0.389. The van der Waals surface area contributed by atoms with Gasteiger partial charge in [-0.15, -0.1) is 0 Å². The molecule has 0 aliphatic rings. The minimum Gasteiger partial charge on any atom is -0.463 e. The number of amides is 1. The summed E-state index contributed by atoms with van der Waals surface area (Å²) in [7, 11) is -3.54. The third-order valence-corrected chi connectivity index (χ3v) is 5.48. The molecule has 0 spiro atoms. The monoisotopic (exact) mass is 380 g/mol. The van der Waals surface area contributed by atoms with Crippen molar-refractivity contribution in [1.29, 1.82) is 0 Å². The van der Waals surface area contributed by atoms with Gasteiger partial charge in [-0.1, -0.05) is 0 Å². The number of hydrogen-bond acceptors (Lipinski definition) is 4. The van der Waals surface area contributed by atoms with Crippen LogP contribution in [0.4, 0.5) is 5.69 Å². The number of quaternary nitrogens is 1. The Morgan fingerprint density at radius 1 is 1.08 bits per heavy atom. The fourth-order valence-electron chi connectivity index (χ4n) is 2.52. The van der Waals surface area contributed by atoms with Crippen molar-refractivity contribution >= 4 is 21.6 Å². The molecule has 0 bridgehead atoms. The van der Waals surface area contributed by atoms with E-state index in [1.165, 1.54) is 12.1 Å². The lowest BCUT2D eigenvalue weighted by Gasteiger charge is -2.15. The third-order valence-electron chi connectivity index (χ3n) is 3.81. The molecule has 8 heteroatoms. The molecule has 2 atom stereocenters. The summed E-state index contributed by atoms with van der Waals surface area (Å²) in [5.74, 6) is 0.635. The standard InChI is InChI=1S/C18H25N3O4S/c1-12(2)21-26(23,24)16-9-7-15(8-10-16)20-18(22)14(4)19-13(3)17-6-5-11-25-17/h5-14,19,21H,1-4H3,(H,20,22)/p+1/t13-,14-/m0/s1. The average molecular weight is 380 g/mol. The molecule has 2 rings (SSSR count). The lowest BCUT2D eigenvalue weighted by Crippen LogP contribution is -2.91. The number of carbonyl (C=O) groups excluding carboxylic acids is 1. The largest absolute Gasteiger partial charge is 0.463 e. The lowest BCUT2D eigenvalue weighted by molar-refractivity contribution is -0.711. The maximum atomic E-state index is 12.3. The maximum Gasteiger partial charge on any atom is 0.282 e. The van der Waals surface area contributed by atoms with Crippen LogP contribution >= 0.6 is 0 Å². The molecule has 26 heavy (non-hydrogen) atoms. The van der Waals surface area contributed by atoms with Gasteiger partial charge in [-0.2, -0.15) is 0 Å². The zero-order valence-electron chi connectivity index (χ0n) is 15.4. The highest BCUT2D eigenvalue weighted by Gasteiger charge is 2.22. The minimum absolute atomic E-state index is 0.0142. The van der Waals surface area contributed by atoms with Crippen molar-refractivity contribution in [3.05, 3.63) is 48.4 Å². The molecule has 0 aliphatic heterocycles. The summed E-state index contributed by atoms with van der Waals surface area (Å²) in [5, 5.41) is 4.70. The van der Waals surface area contributed by atoms with E-state index >= 15 is 0 Å². The van der Waals surface area contributed by atoms with E-state index in [1.807, 2.05) is 24.4 Å². The van der Waals surface area contributed by atoms with Gasteiger partial charge < -0.3 is 15.1 Å². The van der Waals surface area contributed by atoms with Gasteiger partial charge in [-0.3, -0.25) is 4.79 Å². The van der Waals surface area contributed by atoms with E-state index in [0.717, 1.165) is 5.76 Å². The van der Waals surface area contributed by atoms with E-state index in [-0.39, 0.29) is 28.9 Å². The highest BCUT2D eigenvalue weighted by atomic mass is 32.2. The summed E-state index contributed by atoms with van der Waals surface area (Å²) in [6.07, 6.45) is 1.61. The molecule has 0 fully saturated rings. The van der Waals surface area contributed by atoms with Gasteiger partial charge in [0.15, 0.2) is 11.8 Å². The summed E-state index contributed by atoms with van der Waals surface area (Å²) in [5.41, 5.74) is 0.546. The summed E-state index contributed by atoms with van der Waals surface area (Å²) in [6.45, 7) is 7.28. The summed E-state index contributed by atoms with van der Waals surface area (Å²) >= 11 is 0. The van der Waals surface area contributed by atoms with Crippen LogP contribution in [0.1, 0.15) is 39.5 Å². The molecule has 1 heterocycles. The predicted octanol–water partition coefficient (Wildman–Crippen LogP) is 1.62. The minimum atomic E-state index is -3.54. The smallest absolute Gasteiger partial charge is 0.282 e. The van der Waals surface area contributed by atoms with E-state index in [1.54, 1.807) is 39.2 Å². The second-order valence-electron chi connectivity index (χ2n) is 6.57. The van der Waals surface area contributed by atoms with Crippen molar-refractivity contribution in [2.75, 3.05) is 5.32 Å². The molecule has 0 saturated carbocycles. The highest BCUT2D eigenvalue weighted by Crippen LogP contribution is 2.15. The Kier molecular flexibility index (Phi) is 6.57. The van der Waals surface area contributed by atoms with Crippen LogP contribution in [0.3, 0.4) is 0 Å². The molecule has 2 aromatic rings. The van der Waals surface area contributed by atoms with Crippen LogP contribution in [0, 0.1) is 0 Å². The van der Waals surface area contributed by atoms with Gasteiger partial charge in [0.1, 0.15) is 6.04 Å². The number of anilines is 1. The first kappa shape index (κ1) is 20.2. The van der Waals surface area contributed by atoms with E-state index < -0.39 is 10.0 Å². The normalized spacial score (nSPS) is 14.2. The van der Waals surface area contributed by atoms with E-state index in [2.05, 4.69) is 10.0 Å². The van der Waals surface area contributed by atoms with E-state index in [4.69, 9.17) is 4.42 Å². The number of benzene rings is 1.